The van der Waals surface area contributed by atoms with Gasteiger partial charge in [0.1, 0.15) is 11.6 Å². The van der Waals surface area contributed by atoms with Crippen LogP contribution >= 0.6 is 11.8 Å². The highest BCUT2D eigenvalue weighted by Gasteiger charge is 2.12. The van der Waals surface area contributed by atoms with Crippen LogP contribution in [-0.2, 0) is 4.79 Å². The predicted molar refractivity (Wildman–Crippen MR) is 71.0 cm³/mol. The molecule has 1 aromatic heterocycles. The van der Waals surface area contributed by atoms with Crippen LogP contribution in [0.4, 0.5) is 0 Å². The van der Waals surface area contributed by atoms with Crippen LogP contribution in [0.25, 0.3) is 5.69 Å². The number of carboxylic acids is 1. The minimum atomic E-state index is -0.882. The first-order valence-corrected chi connectivity index (χ1v) is 6.51. The molecule has 1 aromatic carbocycles. The zero-order chi connectivity index (χ0) is 13.8. The molecule has 0 fully saturated rings. The molecule has 7 heteroatoms. The van der Waals surface area contributed by atoms with Crippen molar-refractivity contribution in [3.63, 3.8) is 0 Å². The third kappa shape index (κ3) is 3.05. The van der Waals surface area contributed by atoms with E-state index in [2.05, 4.69) is 10.2 Å². The molecule has 0 unspecified atom stereocenters. The molecule has 0 amide bonds. The second-order valence-corrected chi connectivity index (χ2v) is 4.69. The Hall–Kier alpha value is -2.02. The molecule has 0 saturated heterocycles. The summed E-state index contributed by atoms with van der Waals surface area (Å²) in [6.07, 6.45) is 0. The van der Waals surface area contributed by atoms with Crippen LogP contribution < -0.4 is 4.74 Å². The predicted octanol–water partition coefficient (Wildman–Crippen LogP) is 1.76. The average Bonchev–Trinajstić information content (AvgIpc) is 2.78. The molecule has 2 aromatic rings. The Kier molecular flexibility index (Phi) is 4.06. The Morgan fingerprint density at radius 2 is 2.05 bits per heavy atom. The molecule has 19 heavy (non-hydrogen) atoms. The fraction of sp³-hybridized carbons (Fsp3) is 0.250. The van der Waals surface area contributed by atoms with Gasteiger partial charge in [0.15, 0.2) is 5.16 Å². The van der Waals surface area contributed by atoms with Crippen molar-refractivity contribution in [2.45, 2.75) is 12.1 Å². The summed E-state index contributed by atoms with van der Waals surface area (Å²) in [4.78, 5) is 10.6. The molecule has 0 aliphatic rings. The van der Waals surface area contributed by atoms with E-state index in [-0.39, 0.29) is 5.75 Å². The second-order valence-electron chi connectivity index (χ2n) is 3.75. The molecule has 0 atom stereocenters. The van der Waals surface area contributed by atoms with Crippen LogP contribution in [0, 0.1) is 6.92 Å². The van der Waals surface area contributed by atoms with E-state index in [1.165, 1.54) is 0 Å². The number of aromatic nitrogens is 3. The molecule has 0 bridgehead atoms. The van der Waals surface area contributed by atoms with Crippen molar-refractivity contribution in [2.75, 3.05) is 12.9 Å². The molecule has 0 aliphatic heterocycles. The number of hydrogen-bond acceptors (Lipinski definition) is 5. The van der Waals surface area contributed by atoms with Crippen LogP contribution in [0.2, 0.25) is 0 Å². The van der Waals surface area contributed by atoms with Crippen LogP contribution in [-0.4, -0.2) is 38.7 Å². The van der Waals surface area contributed by atoms with E-state index in [0.29, 0.717) is 11.0 Å². The van der Waals surface area contributed by atoms with Crippen molar-refractivity contribution in [2.24, 2.45) is 0 Å². The highest BCUT2D eigenvalue weighted by atomic mass is 32.2. The lowest BCUT2D eigenvalue weighted by molar-refractivity contribution is -0.133. The van der Waals surface area contributed by atoms with Gasteiger partial charge in [-0.2, -0.15) is 0 Å². The number of methoxy groups -OCH3 is 1. The summed E-state index contributed by atoms with van der Waals surface area (Å²) in [5, 5.41) is 17.2. The number of aliphatic carboxylic acids is 1. The molecule has 0 radical (unpaired) electrons. The topological polar surface area (TPSA) is 77.2 Å². The maximum Gasteiger partial charge on any atom is 0.313 e. The standard InChI is InChI=1S/C12H13N3O3S/c1-8-13-14-12(19-7-11(16)17)15(8)9-3-5-10(18-2)6-4-9/h3-6H,7H2,1-2H3,(H,16,17). The SMILES string of the molecule is COc1ccc(-n2c(C)nnc2SCC(=O)O)cc1. The van der Waals surface area contributed by atoms with Gasteiger partial charge >= 0.3 is 5.97 Å². The zero-order valence-corrected chi connectivity index (χ0v) is 11.3. The van der Waals surface area contributed by atoms with E-state index in [9.17, 15) is 4.79 Å². The minimum Gasteiger partial charge on any atom is -0.497 e. The molecule has 0 spiro atoms. The van der Waals surface area contributed by atoms with E-state index in [1.807, 2.05) is 35.8 Å². The van der Waals surface area contributed by atoms with Gasteiger partial charge < -0.3 is 9.84 Å². The molecule has 100 valence electrons. The van der Waals surface area contributed by atoms with Crippen LogP contribution in [0.3, 0.4) is 0 Å². The average molecular weight is 279 g/mol. The van der Waals surface area contributed by atoms with Gasteiger partial charge in [0, 0.05) is 5.69 Å². The summed E-state index contributed by atoms with van der Waals surface area (Å²) in [6.45, 7) is 1.82. The van der Waals surface area contributed by atoms with Crippen molar-refractivity contribution in [3.05, 3.63) is 30.1 Å². The monoisotopic (exact) mass is 279 g/mol. The van der Waals surface area contributed by atoms with Gasteiger partial charge in [-0.1, -0.05) is 11.8 Å². The van der Waals surface area contributed by atoms with Gasteiger partial charge in [0.05, 0.1) is 12.9 Å². The maximum atomic E-state index is 10.6. The molecule has 1 heterocycles. The van der Waals surface area contributed by atoms with Gasteiger partial charge in [-0.25, -0.2) is 0 Å². The van der Waals surface area contributed by atoms with E-state index in [1.54, 1.807) is 7.11 Å². The highest BCUT2D eigenvalue weighted by molar-refractivity contribution is 7.99. The zero-order valence-electron chi connectivity index (χ0n) is 10.5. The largest absolute Gasteiger partial charge is 0.497 e. The number of benzene rings is 1. The van der Waals surface area contributed by atoms with Crippen molar-refractivity contribution in [3.8, 4) is 11.4 Å². The lowest BCUT2D eigenvalue weighted by atomic mass is 10.3. The Morgan fingerprint density at radius 1 is 1.37 bits per heavy atom. The van der Waals surface area contributed by atoms with Gasteiger partial charge in [-0.05, 0) is 31.2 Å². The number of hydrogen-bond donors (Lipinski definition) is 1. The first-order chi connectivity index (χ1) is 9.11. The first-order valence-electron chi connectivity index (χ1n) is 5.53. The second kappa shape index (κ2) is 5.75. The number of carboxylic acid groups (broad SMARTS) is 1. The summed E-state index contributed by atoms with van der Waals surface area (Å²) in [5.74, 6) is 0.535. The molecule has 0 saturated carbocycles. The number of ether oxygens (including phenoxy) is 1. The Morgan fingerprint density at radius 3 is 2.63 bits per heavy atom. The van der Waals surface area contributed by atoms with Crippen molar-refractivity contribution >= 4 is 17.7 Å². The fourth-order valence-corrected chi connectivity index (χ4v) is 2.31. The van der Waals surface area contributed by atoms with E-state index in [4.69, 9.17) is 9.84 Å². The summed E-state index contributed by atoms with van der Waals surface area (Å²) in [5.41, 5.74) is 0.871. The van der Waals surface area contributed by atoms with Crippen LogP contribution in [0.15, 0.2) is 29.4 Å². The maximum absolute atomic E-state index is 10.6. The van der Waals surface area contributed by atoms with Crippen LogP contribution in [0.5, 0.6) is 5.75 Å². The van der Waals surface area contributed by atoms with Crippen LogP contribution in [0.1, 0.15) is 5.82 Å². The number of rotatable bonds is 5. The van der Waals surface area contributed by atoms with Crippen molar-refractivity contribution in [1.29, 1.82) is 0 Å². The number of nitrogens with zero attached hydrogens (tertiary/aromatic N) is 3. The Bertz CT molecular complexity index is 580. The molecular formula is C12H13N3O3S. The quantitative estimate of drug-likeness (QED) is 0.840. The Labute approximate surface area is 114 Å². The summed E-state index contributed by atoms with van der Waals surface area (Å²) in [7, 11) is 1.60. The van der Waals surface area contributed by atoms with Crippen molar-refractivity contribution < 1.29 is 14.6 Å². The van der Waals surface area contributed by atoms with Crippen molar-refractivity contribution in [1.82, 2.24) is 14.8 Å². The molecule has 2 rings (SSSR count). The van der Waals surface area contributed by atoms with Gasteiger partial charge in [0.25, 0.3) is 0 Å². The number of carbonyl (C=O) groups is 1. The summed E-state index contributed by atoms with van der Waals surface area (Å²) < 4.78 is 6.92. The number of thioether (sulfide) groups is 1. The van der Waals surface area contributed by atoms with E-state index >= 15 is 0 Å². The molecule has 6 nitrogen and oxygen atoms in total. The molecule has 1 N–H and O–H groups in total. The normalized spacial score (nSPS) is 10.4. The summed E-state index contributed by atoms with van der Waals surface area (Å²) in [6, 6.07) is 7.42. The van der Waals surface area contributed by atoms with Gasteiger partial charge in [0.2, 0.25) is 0 Å². The summed E-state index contributed by atoms with van der Waals surface area (Å²) >= 11 is 1.14. The number of aryl methyl sites for hydroxylation is 1. The lowest BCUT2D eigenvalue weighted by Gasteiger charge is -2.08. The van der Waals surface area contributed by atoms with E-state index < -0.39 is 5.97 Å². The third-order valence-electron chi connectivity index (χ3n) is 2.45. The third-order valence-corrected chi connectivity index (χ3v) is 3.36. The molecule has 0 aliphatic carbocycles. The van der Waals surface area contributed by atoms with Gasteiger partial charge in [-0.15, -0.1) is 10.2 Å². The first kappa shape index (κ1) is 13.4. The highest BCUT2D eigenvalue weighted by Crippen LogP contribution is 2.23. The van der Waals surface area contributed by atoms with E-state index in [0.717, 1.165) is 23.2 Å². The smallest absolute Gasteiger partial charge is 0.313 e. The van der Waals surface area contributed by atoms with Gasteiger partial charge in [-0.3, -0.25) is 9.36 Å². The minimum absolute atomic E-state index is 0.0473. The molecular weight excluding hydrogens is 266 g/mol. The fourth-order valence-electron chi connectivity index (χ4n) is 1.59. The lowest BCUT2D eigenvalue weighted by Crippen LogP contribution is -2.03. The Balaban J connectivity index is 2.31.